The number of benzene rings is 2. The molecule has 0 aliphatic heterocycles. The minimum absolute atomic E-state index is 0.0125. The average Bonchev–Trinajstić information content (AvgIpc) is 3.02. The van der Waals surface area contributed by atoms with Crippen molar-refractivity contribution in [2.24, 2.45) is 0 Å². The van der Waals surface area contributed by atoms with E-state index >= 15 is 0 Å². The normalized spacial score (nSPS) is 11.2. The van der Waals surface area contributed by atoms with Crippen LogP contribution in [0.2, 0.25) is 0 Å². The van der Waals surface area contributed by atoms with Gasteiger partial charge >= 0.3 is 0 Å². The maximum atomic E-state index is 12.4. The summed E-state index contributed by atoms with van der Waals surface area (Å²) in [5, 5.41) is 11.7. The van der Waals surface area contributed by atoms with Gasteiger partial charge in [-0.3, -0.25) is 10.1 Å². The third kappa shape index (κ3) is 4.28. The topological polar surface area (TPSA) is 89.0 Å². The molecule has 1 amide bonds. The van der Waals surface area contributed by atoms with Gasteiger partial charge in [0, 0.05) is 12.7 Å². The first-order chi connectivity index (χ1) is 11.9. The van der Waals surface area contributed by atoms with E-state index in [1.54, 1.807) is 12.1 Å². The Morgan fingerprint density at radius 3 is 2.44 bits per heavy atom. The summed E-state index contributed by atoms with van der Waals surface area (Å²) in [6, 6.07) is 15.9. The highest BCUT2D eigenvalue weighted by Crippen LogP contribution is 2.21. The van der Waals surface area contributed by atoms with Crippen LogP contribution in [0.15, 0.2) is 59.5 Å². The molecule has 0 aliphatic carbocycles. The lowest BCUT2D eigenvalue weighted by Crippen LogP contribution is -2.15. The Morgan fingerprint density at radius 1 is 1.04 bits per heavy atom. The number of rotatable bonds is 5. The zero-order valence-corrected chi connectivity index (χ0v) is 15.0. The average molecular weight is 373 g/mol. The molecular formula is C17H15N3O3S2. The first-order valence-electron chi connectivity index (χ1n) is 7.40. The van der Waals surface area contributed by atoms with Crippen molar-refractivity contribution < 1.29 is 13.2 Å². The summed E-state index contributed by atoms with van der Waals surface area (Å²) < 4.78 is 23.6. The fourth-order valence-electron chi connectivity index (χ4n) is 2.29. The molecule has 2 aromatic carbocycles. The number of hydrogen-bond acceptors (Lipinski definition) is 6. The van der Waals surface area contributed by atoms with Crippen molar-refractivity contribution in [3.8, 4) is 0 Å². The van der Waals surface area contributed by atoms with E-state index in [0.29, 0.717) is 11.6 Å². The summed E-state index contributed by atoms with van der Waals surface area (Å²) >= 11 is 1.26. The molecule has 1 heterocycles. The number of sulfone groups is 1. The zero-order chi connectivity index (χ0) is 17.9. The van der Waals surface area contributed by atoms with Crippen LogP contribution in [0.5, 0.6) is 0 Å². The lowest BCUT2D eigenvalue weighted by Gasteiger charge is -2.06. The molecule has 0 radical (unpaired) electrons. The van der Waals surface area contributed by atoms with Crippen LogP contribution in [0.25, 0.3) is 0 Å². The predicted octanol–water partition coefficient (Wildman–Crippen LogP) is 2.78. The van der Waals surface area contributed by atoms with Crippen molar-refractivity contribution in [2.75, 3.05) is 11.6 Å². The number of carbonyl (C=O) groups excluding carboxylic acids is 1. The van der Waals surface area contributed by atoms with E-state index < -0.39 is 15.7 Å². The highest BCUT2D eigenvalue weighted by Gasteiger charge is 2.19. The Balaban J connectivity index is 1.77. The first-order valence-corrected chi connectivity index (χ1v) is 10.1. The van der Waals surface area contributed by atoms with E-state index in [4.69, 9.17) is 0 Å². The number of anilines is 1. The number of nitrogens with zero attached hydrogens (tertiary/aromatic N) is 2. The number of carbonyl (C=O) groups is 1. The smallest absolute Gasteiger partial charge is 0.258 e. The third-order valence-electron chi connectivity index (χ3n) is 3.42. The molecule has 0 aliphatic rings. The summed E-state index contributed by atoms with van der Waals surface area (Å²) in [6.45, 7) is 0. The van der Waals surface area contributed by atoms with Gasteiger partial charge in [0.25, 0.3) is 5.91 Å². The largest absolute Gasteiger partial charge is 0.296 e. The van der Waals surface area contributed by atoms with E-state index in [2.05, 4.69) is 15.5 Å². The highest BCUT2D eigenvalue weighted by atomic mass is 32.2. The Labute approximate surface area is 149 Å². The van der Waals surface area contributed by atoms with Gasteiger partial charge in [-0.05, 0) is 17.7 Å². The lowest BCUT2D eigenvalue weighted by atomic mass is 10.2. The zero-order valence-electron chi connectivity index (χ0n) is 13.3. The van der Waals surface area contributed by atoms with Crippen LogP contribution in [-0.2, 0) is 16.3 Å². The van der Waals surface area contributed by atoms with Gasteiger partial charge in [0.2, 0.25) is 5.13 Å². The van der Waals surface area contributed by atoms with Crippen molar-refractivity contribution in [3.05, 3.63) is 70.7 Å². The molecule has 3 aromatic rings. The maximum Gasteiger partial charge on any atom is 0.258 e. The standard InChI is InChI=1S/C17H15N3O3S2/c1-25(22,23)14-10-6-5-9-13(14)16(21)18-17-20-19-15(24-17)11-12-7-3-2-4-8-12/h2-10H,11H2,1H3,(H,18,20,21). The van der Waals surface area contributed by atoms with Crippen molar-refractivity contribution >= 4 is 32.2 Å². The van der Waals surface area contributed by atoms with Crippen LogP contribution in [0.4, 0.5) is 5.13 Å². The summed E-state index contributed by atoms with van der Waals surface area (Å²) in [6.07, 6.45) is 1.69. The van der Waals surface area contributed by atoms with Crippen LogP contribution in [0.1, 0.15) is 20.9 Å². The van der Waals surface area contributed by atoms with Crippen molar-refractivity contribution in [3.63, 3.8) is 0 Å². The number of amides is 1. The van der Waals surface area contributed by atoms with E-state index in [0.717, 1.165) is 16.8 Å². The first kappa shape index (κ1) is 17.2. The molecule has 25 heavy (non-hydrogen) atoms. The fourth-order valence-corrected chi connectivity index (χ4v) is 3.94. The minimum Gasteiger partial charge on any atom is -0.296 e. The molecule has 1 N–H and O–H groups in total. The molecule has 0 saturated carbocycles. The molecule has 1 aromatic heterocycles. The fraction of sp³-hybridized carbons (Fsp3) is 0.118. The van der Waals surface area contributed by atoms with Crippen molar-refractivity contribution in [1.29, 1.82) is 0 Å². The number of nitrogens with one attached hydrogen (secondary N) is 1. The Hall–Kier alpha value is -2.58. The van der Waals surface area contributed by atoms with Gasteiger partial charge in [-0.25, -0.2) is 8.42 Å². The summed E-state index contributed by atoms with van der Waals surface area (Å²) in [5.74, 6) is -0.525. The van der Waals surface area contributed by atoms with Crippen molar-refractivity contribution in [2.45, 2.75) is 11.3 Å². The second kappa shape index (κ2) is 7.12. The number of hydrogen-bond donors (Lipinski definition) is 1. The molecule has 128 valence electrons. The van der Waals surface area contributed by atoms with Gasteiger partial charge in [-0.15, -0.1) is 10.2 Å². The Morgan fingerprint density at radius 2 is 1.72 bits per heavy atom. The second-order valence-corrected chi connectivity index (χ2v) is 8.43. The van der Waals surface area contributed by atoms with Gasteiger partial charge in [0.15, 0.2) is 9.84 Å². The van der Waals surface area contributed by atoms with E-state index in [1.165, 1.54) is 23.5 Å². The molecule has 0 atom stereocenters. The molecule has 0 fully saturated rings. The number of aromatic nitrogens is 2. The van der Waals surface area contributed by atoms with Gasteiger partial charge in [0.05, 0.1) is 10.5 Å². The molecule has 0 spiro atoms. The van der Waals surface area contributed by atoms with Gasteiger partial charge < -0.3 is 0 Å². The van der Waals surface area contributed by atoms with Gasteiger partial charge in [-0.1, -0.05) is 53.8 Å². The summed E-state index contributed by atoms with van der Waals surface area (Å²) in [7, 11) is -3.50. The molecular weight excluding hydrogens is 358 g/mol. The molecule has 6 nitrogen and oxygen atoms in total. The highest BCUT2D eigenvalue weighted by molar-refractivity contribution is 7.90. The molecule has 8 heteroatoms. The molecule has 0 unspecified atom stereocenters. The van der Waals surface area contributed by atoms with Crippen LogP contribution in [-0.4, -0.2) is 30.8 Å². The maximum absolute atomic E-state index is 12.4. The second-order valence-electron chi connectivity index (χ2n) is 5.39. The van der Waals surface area contributed by atoms with Gasteiger partial charge in [-0.2, -0.15) is 0 Å². The van der Waals surface area contributed by atoms with Crippen LogP contribution >= 0.6 is 11.3 Å². The van der Waals surface area contributed by atoms with E-state index in [-0.39, 0.29) is 10.5 Å². The quantitative estimate of drug-likeness (QED) is 0.743. The monoisotopic (exact) mass is 373 g/mol. The third-order valence-corrected chi connectivity index (χ3v) is 5.41. The SMILES string of the molecule is CS(=O)(=O)c1ccccc1C(=O)Nc1nnc(Cc2ccccc2)s1. The van der Waals surface area contributed by atoms with Crippen LogP contribution in [0, 0.1) is 0 Å². The molecule has 3 rings (SSSR count). The van der Waals surface area contributed by atoms with Gasteiger partial charge in [0.1, 0.15) is 5.01 Å². The summed E-state index contributed by atoms with van der Waals surface area (Å²) in [4.78, 5) is 12.4. The molecule has 0 bridgehead atoms. The predicted molar refractivity (Wildman–Crippen MR) is 96.7 cm³/mol. The Kier molecular flexibility index (Phi) is 4.91. The minimum atomic E-state index is -3.50. The van der Waals surface area contributed by atoms with E-state index in [1.807, 2.05) is 30.3 Å². The van der Waals surface area contributed by atoms with Crippen molar-refractivity contribution in [1.82, 2.24) is 10.2 Å². The van der Waals surface area contributed by atoms with Crippen LogP contribution < -0.4 is 5.32 Å². The van der Waals surface area contributed by atoms with E-state index in [9.17, 15) is 13.2 Å². The molecule has 0 saturated heterocycles. The summed E-state index contributed by atoms with van der Waals surface area (Å²) in [5.41, 5.74) is 1.18. The van der Waals surface area contributed by atoms with Crippen LogP contribution in [0.3, 0.4) is 0 Å². The Bertz CT molecular complexity index is 999. The lowest BCUT2D eigenvalue weighted by molar-refractivity contribution is 0.102.